The highest BCUT2D eigenvalue weighted by atomic mass is 15.3. The Morgan fingerprint density at radius 2 is 1.45 bits per heavy atom. The molecule has 2 aromatic heterocycles. The summed E-state index contributed by atoms with van der Waals surface area (Å²) in [6.07, 6.45) is 6.32. The summed E-state index contributed by atoms with van der Waals surface area (Å²) < 4.78 is 3.45. The van der Waals surface area contributed by atoms with Gasteiger partial charge in [0.15, 0.2) is 0 Å². The van der Waals surface area contributed by atoms with E-state index in [1.807, 2.05) is 30.3 Å². The lowest BCUT2D eigenvalue weighted by molar-refractivity contribution is 0.294. The molecule has 7 nitrogen and oxygen atoms in total. The summed E-state index contributed by atoms with van der Waals surface area (Å²) in [5, 5.41) is 8.27. The van der Waals surface area contributed by atoms with Crippen LogP contribution in [-0.4, -0.2) is 29.5 Å². The van der Waals surface area contributed by atoms with Gasteiger partial charge in [0, 0.05) is 0 Å². The van der Waals surface area contributed by atoms with Gasteiger partial charge in [-0.1, -0.05) is 30.3 Å². The number of hydrogen-bond donors (Lipinski definition) is 1. The van der Waals surface area contributed by atoms with E-state index in [0.717, 1.165) is 5.56 Å². The first-order valence-electron chi connectivity index (χ1n) is 6.25. The Kier molecular flexibility index (Phi) is 3.26. The molecule has 0 atom stereocenters. The SMILES string of the molecule is NC(Cn1cncn1)(Cn1cncn1)c1ccccc1. The lowest BCUT2D eigenvalue weighted by Crippen LogP contribution is -2.45. The lowest BCUT2D eigenvalue weighted by atomic mass is 9.91. The number of rotatable bonds is 5. The molecule has 0 aliphatic carbocycles. The van der Waals surface area contributed by atoms with Crippen molar-refractivity contribution in [3.05, 3.63) is 61.2 Å². The van der Waals surface area contributed by atoms with E-state index in [1.165, 1.54) is 12.7 Å². The molecule has 0 saturated carbocycles. The van der Waals surface area contributed by atoms with Crippen molar-refractivity contribution in [2.24, 2.45) is 5.73 Å². The predicted octanol–water partition coefficient (Wildman–Crippen LogP) is 0.424. The van der Waals surface area contributed by atoms with Gasteiger partial charge in [-0.2, -0.15) is 10.2 Å². The Bertz CT molecular complexity index is 594. The van der Waals surface area contributed by atoms with E-state index < -0.39 is 5.54 Å². The Morgan fingerprint density at radius 3 is 1.90 bits per heavy atom. The van der Waals surface area contributed by atoms with Crippen molar-refractivity contribution in [3.8, 4) is 0 Å². The number of aromatic nitrogens is 6. The van der Waals surface area contributed by atoms with Gasteiger partial charge in [0.25, 0.3) is 0 Å². The summed E-state index contributed by atoms with van der Waals surface area (Å²) in [6, 6.07) is 9.93. The van der Waals surface area contributed by atoms with E-state index in [2.05, 4.69) is 20.2 Å². The predicted molar refractivity (Wildman–Crippen MR) is 72.4 cm³/mol. The third-order valence-corrected chi connectivity index (χ3v) is 3.17. The molecule has 20 heavy (non-hydrogen) atoms. The topological polar surface area (TPSA) is 87.4 Å². The minimum absolute atomic E-state index is 0.511. The second-order valence-electron chi connectivity index (χ2n) is 4.71. The normalized spacial score (nSPS) is 11.7. The van der Waals surface area contributed by atoms with Crippen molar-refractivity contribution in [2.75, 3.05) is 0 Å². The maximum atomic E-state index is 6.62. The molecule has 0 spiro atoms. The van der Waals surface area contributed by atoms with Crippen molar-refractivity contribution in [3.63, 3.8) is 0 Å². The summed E-state index contributed by atoms with van der Waals surface area (Å²) in [7, 11) is 0. The van der Waals surface area contributed by atoms with Crippen molar-refractivity contribution in [2.45, 2.75) is 18.6 Å². The molecule has 0 fully saturated rings. The maximum absolute atomic E-state index is 6.62. The number of hydrogen-bond acceptors (Lipinski definition) is 5. The fraction of sp³-hybridized carbons (Fsp3) is 0.231. The van der Waals surface area contributed by atoms with Crippen LogP contribution in [0.5, 0.6) is 0 Å². The van der Waals surface area contributed by atoms with Gasteiger partial charge in [-0.25, -0.2) is 9.97 Å². The second kappa shape index (κ2) is 5.22. The molecule has 3 rings (SSSR count). The highest BCUT2D eigenvalue weighted by Gasteiger charge is 2.29. The van der Waals surface area contributed by atoms with Crippen LogP contribution in [-0.2, 0) is 18.6 Å². The monoisotopic (exact) mass is 269 g/mol. The largest absolute Gasteiger partial charge is 0.318 e. The maximum Gasteiger partial charge on any atom is 0.137 e. The first kappa shape index (κ1) is 12.5. The van der Waals surface area contributed by atoms with Crippen LogP contribution in [0.4, 0.5) is 0 Å². The third-order valence-electron chi connectivity index (χ3n) is 3.17. The summed E-state index contributed by atoms with van der Waals surface area (Å²) >= 11 is 0. The Hall–Kier alpha value is -2.54. The molecule has 7 heteroatoms. The smallest absolute Gasteiger partial charge is 0.137 e. The van der Waals surface area contributed by atoms with Gasteiger partial charge < -0.3 is 5.73 Å². The van der Waals surface area contributed by atoms with Crippen LogP contribution in [0.2, 0.25) is 0 Å². The Balaban J connectivity index is 1.93. The van der Waals surface area contributed by atoms with E-state index in [-0.39, 0.29) is 0 Å². The number of nitrogens with two attached hydrogens (primary N) is 1. The van der Waals surface area contributed by atoms with Crippen molar-refractivity contribution >= 4 is 0 Å². The molecule has 2 N–H and O–H groups in total. The third kappa shape index (κ3) is 2.57. The molecule has 0 amide bonds. The average molecular weight is 269 g/mol. The van der Waals surface area contributed by atoms with Gasteiger partial charge in [0.1, 0.15) is 25.3 Å². The van der Waals surface area contributed by atoms with Crippen LogP contribution < -0.4 is 5.73 Å². The highest BCUT2D eigenvalue weighted by molar-refractivity contribution is 5.23. The molecule has 0 unspecified atom stereocenters. The molecule has 1 aromatic carbocycles. The Labute approximate surface area is 116 Å². The van der Waals surface area contributed by atoms with Crippen LogP contribution >= 0.6 is 0 Å². The van der Waals surface area contributed by atoms with Gasteiger partial charge in [-0.05, 0) is 5.56 Å². The van der Waals surface area contributed by atoms with Crippen LogP contribution in [0.1, 0.15) is 5.56 Å². The molecular weight excluding hydrogens is 254 g/mol. The fourth-order valence-electron chi connectivity index (χ4n) is 2.21. The zero-order valence-corrected chi connectivity index (χ0v) is 10.9. The Morgan fingerprint density at radius 1 is 0.900 bits per heavy atom. The summed E-state index contributed by atoms with van der Waals surface area (Å²) in [6.45, 7) is 1.02. The van der Waals surface area contributed by atoms with E-state index in [9.17, 15) is 0 Å². The van der Waals surface area contributed by atoms with E-state index >= 15 is 0 Å². The van der Waals surface area contributed by atoms with E-state index in [1.54, 1.807) is 22.0 Å². The standard InChI is InChI=1S/C13H15N7/c14-13(6-19-10-15-8-17-19,7-20-11-16-9-18-20)12-4-2-1-3-5-12/h1-5,8-11H,6-7,14H2. The quantitative estimate of drug-likeness (QED) is 0.725. The zero-order chi connectivity index (χ0) is 13.8. The number of benzene rings is 1. The molecule has 3 aromatic rings. The second-order valence-corrected chi connectivity index (χ2v) is 4.71. The van der Waals surface area contributed by atoms with Gasteiger partial charge in [0.05, 0.1) is 18.6 Å². The average Bonchev–Trinajstić information content (AvgIpc) is 3.13. The van der Waals surface area contributed by atoms with Gasteiger partial charge in [-0.15, -0.1) is 0 Å². The molecule has 0 aliphatic rings. The number of nitrogens with zero attached hydrogens (tertiary/aromatic N) is 6. The minimum Gasteiger partial charge on any atom is -0.318 e. The highest BCUT2D eigenvalue weighted by Crippen LogP contribution is 2.22. The van der Waals surface area contributed by atoms with Crippen molar-refractivity contribution in [1.82, 2.24) is 29.5 Å². The first-order valence-corrected chi connectivity index (χ1v) is 6.25. The molecule has 0 bridgehead atoms. The van der Waals surface area contributed by atoms with Crippen LogP contribution in [0, 0.1) is 0 Å². The fourth-order valence-corrected chi connectivity index (χ4v) is 2.21. The molecule has 2 heterocycles. The van der Waals surface area contributed by atoms with Gasteiger partial charge in [-0.3, -0.25) is 9.36 Å². The molecular formula is C13H15N7. The summed E-state index contributed by atoms with van der Waals surface area (Å²) in [5.74, 6) is 0. The van der Waals surface area contributed by atoms with Gasteiger partial charge >= 0.3 is 0 Å². The van der Waals surface area contributed by atoms with Crippen LogP contribution in [0.3, 0.4) is 0 Å². The van der Waals surface area contributed by atoms with Crippen molar-refractivity contribution in [1.29, 1.82) is 0 Å². The van der Waals surface area contributed by atoms with Gasteiger partial charge in [0.2, 0.25) is 0 Å². The molecule has 102 valence electrons. The lowest BCUT2D eigenvalue weighted by Gasteiger charge is -2.29. The molecule has 0 saturated heterocycles. The van der Waals surface area contributed by atoms with E-state index in [4.69, 9.17) is 5.73 Å². The van der Waals surface area contributed by atoms with Crippen LogP contribution in [0.25, 0.3) is 0 Å². The van der Waals surface area contributed by atoms with E-state index in [0.29, 0.717) is 13.1 Å². The zero-order valence-electron chi connectivity index (χ0n) is 10.9. The summed E-state index contributed by atoms with van der Waals surface area (Å²) in [4.78, 5) is 7.92. The first-order chi connectivity index (χ1) is 9.76. The van der Waals surface area contributed by atoms with Crippen molar-refractivity contribution < 1.29 is 0 Å². The molecule has 0 radical (unpaired) electrons. The van der Waals surface area contributed by atoms with Crippen LogP contribution in [0.15, 0.2) is 55.6 Å². The summed E-state index contributed by atoms with van der Waals surface area (Å²) in [5.41, 5.74) is 7.01. The minimum atomic E-state index is -0.636. The molecule has 0 aliphatic heterocycles.